The lowest BCUT2D eigenvalue weighted by molar-refractivity contribution is -0.122. The van der Waals surface area contributed by atoms with Crippen molar-refractivity contribution < 1.29 is 4.79 Å². The lowest BCUT2D eigenvalue weighted by Gasteiger charge is -2.34. The molecular formula is C21H18N4OS. The smallest absolute Gasteiger partial charge is 0.202 e. The molecule has 1 aromatic heterocycles. The van der Waals surface area contributed by atoms with E-state index in [2.05, 4.69) is 27.8 Å². The molecule has 5 nitrogen and oxygen atoms in total. The average molecular weight is 374 g/mol. The highest BCUT2D eigenvalue weighted by Gasteiger charge is 2.38. The van der Waals surface area contributed by atoms with Gasteiger partial charge in [-0.25, -0.2) is 9.98 Å². The molecule has 0 bridgehead atoms. The van der Waals surface area contributed by atoms with Crippen LogP contribution in [0.1, 0.15) is 24.4 Å². The Hall–Kier alpha value is -2.99. The number of carbonyl (C=O) groups is 1. The third-order valence-corrected chi connectivity index (χ3v) is 5.90. The summed E-state index contributed by atoms with van der Waals surface area (Å²) < 4.78 is 1.13. The highest BCUT2D eigenvalue weighted by Crippen LogP contribution is 2.37. The number of aliphatic imine (C=N–C) groups is 1. The van der Waals surface area contributed by atoms with Gasteiger partial charge in [-0.3, -0.25) is 4.79 Å². The first-order valence-corrected chi connectivity index (χ1v) is 9.85. The van der Waals surface area contributed by atoms with Gasteiger partial charge in [0.15, 0.2) is 5.13 Å². The second kappa shape index (κ2) is 6.63. The molecule has 0 unspecified atom stereocenters. The highest BCUT2D eigenvalue weighted by atomic mass is 32.1. The zero-order valence-corrected chi connectivity index (χ0v) is 15.4. The maximum Gasteiger partial charge on any atom is 0.202 e. The van der Waals surface area contributed by atoms with Crippen LogP contribution in [0.25, 0.3) is 10.2 Å². The van der Waals surface area contributed by atoms with Crippen LogP contribution in [-0.4, -0.2) is 16.7 Å². The number of nitrogens with zero attached hydrogens (tertiary/aromatic N) is 2. The molecule has 2 aromatic carbocycles. The normalized spacial score (nSPS) is 21.9. The zero-order chi connectivity index (χ0) is 18.2. The topological polar surface area (TPSA) is 66.4 Å². The van der Waals surface area contributed by atoms with E-state index >= 15 is 0 Å². The summed E-state index contributed by atoms with van der Waals surface area (Å²) in [5.41, 5.74) is 2.96. The first-order chi connectivity index (χ1) is 13.3. The van der Waals surface area contributed by atoms with Gasteiger partial charge in [-0.2, -0.15) is 0 Å². The molecule has 0 saturated heterocycles. The maximum atomic E-state index is 12.6. The van der Waals surface area contributed by atoms with E-state index in [0.29, 0.717) is 12.4 Å². The number of carbonyl (C=O) groups excluding carboxylic acids is 1. The Balaban J connectivity index is 1.52. The number of anilines is 1. The van der Waals surface area contributed by atoms with Crippen LogP contribution in [0.5, 0.6) is 0 Å². The van der Waals surface area contributed by atoms with E-state index in [0.717, 1.165) is 33.0 Å². The first kappa shape index (κ1) is 16.2. The summed E-state index contributed by atoms with van der Waals surface area (Å²) >= 11 is 1.59. The van der Waals surface area contributed by atoms with Gasteiger partial charge in [0, 0.05) is 12.1 Å². The van der Waals surface area contributed by atoms with Crippen LogP contribution in [0.3, 0.4) is 0 Å². The summed E-state index contributed by atoms with van der Waals surface area (Å²) in [6, 6.07) is 17.9. The van der Waals surface area contributed by atoms with E-state index in [1.54, 1.807) is 11.3 Å². The van der Waals surface area contributed by atoms with Crippen LogP contribution < -0.4 is 10.6 Å². The standard InChI is InChI=1S/C21H18N4OS/c26-16-11-6-10-15-18(16)19(13-7-2-1-3-8-13)24-20(22-15)25-21-23-14-9-4-5-12-17(14)27-21/h1-5,7-10,12,18-19H,6,11H2,(H2,22,23,24,25)/t18-,19-/m0/s1. The molecule has 1 aliphatic heterocycles. The number of nitrogens with one attached hydrogen (secondary N) is 2. The minimum atomic E-state index is -0.234. The quantitative estimate of drug-likeness (QED) is 0.703. The number of thiazole rings is 1. The van der Waals surface area contributed by atoms with E-state index < -0.39 is 0 Å². The number of ketones is 1. The van der Waals surface area contributed by atoms with Crippen LogP contribution in [-0.2, 0) is 4.79 Å². The SMILES string of the molecule is O=C1CCC=C2NC(Nc3nc4ccccc4s3)=N[C@@H](c3ccccc3)[C@H]12. The molecule has 0 amide bonds. The molecule has 2 atom stereocenters. The molecule has 5 rings (SSSR count). The van der Waals surface area contributed by atoms with Gasteiger partial charge in [-0.05, 0) is 24.1 Å². The summed E-state index contributed by atoms with van der Waals surface area (Å²) in [6.07, 6.45) is 3.47. The molecule has 0 fully saturated rings. The Labute approximate surface area is 160 Å². The van der Waals surface area contributed by atoms with Gasteiger partial charge in [0.25, 0.3) is 0 Å². The van der Waals surface area contributed by atoms with Crippen molar-refractivity contribution in [2.75, 3.05) is 5.32 Å². The van der Waals surface area contributed by atoms with Crippen LogP contribution in [0.15, 0.2) is 71.4 Å². The maximum absolute atomic E-state index is 12.6. The molecule has 2 aliphatic rings. The predicted octanol–water partition coefficient (Wildman–Crippen LogP) is 4.27. The molecular weight excluding hydrogens is 356 g/mol. The molecule has 6 heteroatoms. The molecule has 0 radical (unpaired) electrons. The molecule has 0 saturated carbocycles. The van der Waals surface area contributed by atoms with E-state index in [1.165, 1.54) is 0 Å². The summed E-state index contributed by atoms with van der Waals surface area (Å²) in [4.78, 5) is 22.1. The summed E-state index contributed by atoms with van der Waals surface area (Å²) in [5.74, 6) is 0.652. The molecule has 3 aromatic rings. The summed E-state index contributed by atoms with van der Waals surface area (Å²) in [7, 11) is 0. The van der Waals surface area contributed by atoms with Crippen molar-refractivity contribution in [1.29, 1.82) is 0 Å². The minimum Gasteiger partial charge on any atom is -0.329 e. The van der Waals surface area contributed by atoms with Crippen molar-refractivity contribution in [2.24, 2.45) is 10.9 Å². The Morgan fingerprint density at radius 1 is 1.07 bits per heavy atom. The fraction of sp³-hybridized carbons (Fsp3) is 0.190. The second-order valence-corrected chi connectivity index (χ2v) is 7.74. The number of guanidine groups is 1. The lowest BCUT2D eigenvalue weighted by atomic mass is 9.81. The number of aromatic nitrogens is 1. The molecule has 134 valence electrons. The zero-order valence-electron chi connectivity index (χ0n) is 14.6. The third-order valence-electron chi connectivity index (χ3n) is 4.94. The molecule has 2 heterocycles. The van der Waals surface area contributed by atoms with Crippen LogP contribution in [0, 0.1) is 5.92 Å². The van der Waals surface area contributed by atoms with Crippen molar-refractivity contribution in [3.8, 4) is 0 Å². The van der Waals surface area contributed by atoms with E-state index in [4.69, 9.17) is 4.99 Å². The monoisotopic (exact) mass is 374 g/mol. The number of hydrogen-bond donors (Lipinski definition) is 2. The molecule has 1 aliphatic carbocycles. The number of fused-ring (bicyclic) bond motifs is 2. The van der Waals surface area contributed by atoms with Crippen molar-refractivity contribution in [1.82, 2.24) is 10.3 Å². The fourth-order valence-corrected chi connectivity index (χ4v) is 4.56. The fourth-order valence-electron chi connectivity index (χ4n) is 3.69. The minimum absolute atomic E-state index is 0.219. The van der Waals surface area contributed by atoms with Gasteiger partial charge < -0.3 is 10.6 Å². The number of benzene rings is 2. The Morgan fingerprint density at radius 2 is 1.89 bits per heavy atom. The van der Waals surface area contributed by atoms with Gasteiger partial charge in [0.05, 0.1) is 22.2 Å². The molecule has 2 N–H and O–H groups in total. The summed E-state index contributed by atoms with van der Waals surface area (Å²) in [6.45, 7) is 0. The van der Waals surface area contributed by atoms with Gasteiger partial charge in [0.2, 0.25) is 5.96 Å². The van der Waals surface area contributed by atoms with Crippen molar-refractivity contribution in [3.05, 3.63) is 71.9 Å². The Morgan fingerprint density at radius 3 is 2.74 bits per heavy atom. The number of Topliss-reactive ketones (excluding diaryl/α,β-unsaturated/α-hetero) is 1. The van der Waals surface area contributed by atoms with Crippen molar-refractivity contribution >= 4 is 38.4 Å². The first-order valence-electron chi connectivity index (χ1n) is 9.03. The van der Waals surface area contributed by atoms with Gasteiger partial charge >= 0.3 is 0 Å². The third kappa shape index (κ3) is 3.02. The summed E-state index contributed by atoms with van der Waals surface area (Å²) in [5, 5.41) is 7.42. The number of para-hydroxylation sites is 1. The highest BCUT2D eigenvalue weighted by molar-refractivity contribution is 7.22. The Kier molecular flexibility index (Phi) is 3.98. The number of rotatable bonds is 2. The molecule has 27 heavy (non-hydrogen) atoms. The van der Waals surface area contributed by atoms with E-state index in [1.807, 2.05) is 48.5 Å². The van der Waals surface area contributed by atoms with Gasteiger partial charge in [-0.1, -0.05) is 59.9 Å². The van der Waals surface area contributed by atoms with Crippen LogP contribution >= 0.6 is 11.3 Å². The van der Waals surface area contributed by atoms with E-state index in [-0.39, 0.29) is 17.7 Å². The van der Waals surface area contributed by atoms with Crippen LogP contribution in [0.4, 0.5) is 5.13 Å². The predicted molar refractivity (Wildman–Crippen MR) is 109 cm³/mol. The van der Waals surface area contributed by atoms with E-state index in [9.17, 15) is 4.79 Å². The number of allylic oxidation sites excluding steroid dienone is 1. The average Bonchev–Trinajstić information content (AvgIpc) is 3.10. The Bertz CT molecular complexity index is 1040. The molecule has 0 spiro atoms. The van der Waals surface area contributed by atoms with Gasteiger partial charge in [0.1, 0.15) is 5.78 Å². The lowest BCUT2D eigenvalue weighted by Crippen LogP contribution is -2.43. The van der Waals surface area contributed by atoms with Crippen LogP contribution in [0.2, 0.25) is 0 Å². The van der Waals surface area contributed by atoms with Crippen molar-refractivity contribution in [3.63, 3.8) is 0 Å². The number of hydrogen-bond acceptors (Lipinski definition) is 6. The van der Waals surface area contributed by atoms with Crippen molar-refractivity contribution in [2.45, 2.75) is 18.9 Å². The largest absolute Gasteiger partial charge is 0.329 e. The van der Waals surface area contributed by atoms with Gasteiger partial charge in [-0.15, -0.1) is 0 Å². The second-order valence-electron chi connectivity index (χ2n) is 6.71.